The smallest absolute Gasteiger partial charge is 0.188 e. The largest absolute Gasteiger partial charge is 0.497 e. The Kier molecular flexibility index (Phi) is 6.67. The van der Waals surface area contributed by atoms with Crippen LogP contribution in [0.25, 0.3) is 11.8 Å². The number of nitrogens with one attached hydrogen (secondary N) is 1. The number of dihydropyridines is 1. The summed E-state index contributed by atoms with van der Waals surface area (Å²) in [5.74, 6) is 0.692. The van der Waals surface area contributed by atoms with E-state index in [2.05, 4.69) is 53.3 Å². The third-order valence-corrected chi connectivity index (χ3v) is 7.68. The van der Waals surface area contributed by atoms with E-state index >= 15 is 0 Å². The van der Waals surface area contributed by atoms with Crippen molar-refractivity contribution >= 4 is 45.1 Å². The van der Waals surface area contributed by atoms with Gasteiger partial charge in [0.1, 0.15) is 5.75 Å². The number of allylic oxidation sites excluding steroid dienone is 4. The summed E-state index contributed by atoms with van der Waals surface area (Å²) in [7, 11) is 1.65. The second-order valence-electron chi connectivity index (χ2n) is 9.85. The van der Waals surface area contributed by atoms with Crippen molar-refractivity contribution in [2.75, 3.05) is 7.11 Å². The first-order valence-electron chi connectivity index (χ1n) is 11.9. The summed E-state index contributed by atoms with van der Waals surface area (Å²) < 4.78 is 6.32. The molecule has 5 heteroatoms. The normalized spacial score (nSPS) is 20.0. The summed E-state index contributed by atoms with van der Waals surface area (Å²) in [6, 6.07) is 23.8. The molecule has 1 unspecified atom stereocenters. The van der Waals surface area contributed by atoms with Gasteiger partial charge in [0.05, 0.1) is 7.11 Å². The molecule has 0 amide bonds. The molecule has 1 aliphatic carbocycles. The van der Waals surface area contributed by atoms with Gasteiger partial charge in [0, 0.05) is 38.0 Å². The van der Waals surface area contributed by atoms with Gasteiger partial charge >= 0.3 is 0 Å². The number of rotatable bonds is 4. The number of carbonyl (C=O) groups is 1. The fourth-order valence-corrected chi connectivity index (χ4v) is 5.37. The topological polar surface area (TPSA) is 38.3 Å². The second-order valence-corrected chi connectivity index (χ2v) is 11.2. The molecule has 0 radical (unpaired) electrons. The number of carbonyl (C=O) groups excluding carboxylic acids is 1. The minimum Gasteiger partial charge on any atom is -0.497 e. The van der Waals surface area contributed by atoms with Crippen LogP contribution >= 0.6 is 27.5 Å². The van der Waals surface area contributed by atoms with Crippen LogP contribution in [0.5, 0.6) is 5.75 Å². The average molecular weight is 561 g/mol. The summed E-state index contributed by atoms with van der Waals surface area (Å²) in [5, 5.41) is 4.30. The molecule has 2 aliphatic rings. The summed E-state index contributed by atoms with van der Waals surface area (Å²) in [6.07, 6.45) is 4.92. The number of methoxy groups -OCH3 is 1. The molecule has 1 aliphatic heterocycles. The molecule has 0 saturated heterocycles. The highest BCUT2D eigenvalue weighted by atomic mass is 79.9. The number of hydrogen-bond acceptors (Lipinski definition) is 3. The molecule has 0 saturated carbocycles. The molecule has 5 rings (SSSR count). The van der Waals surface area contributed by atoms with Gasteiger partial charge in [-0.1, -0.05) is 77.8 Å². The molecule has 182 valence electrons. The van der Waals surface area contributed by atoms with E-state index in [1.54, 1.807) is 7.11 Å². The van der Waals surface area contributed by atoms with E-state index in [1.807, 2.05) is 66.7 Å². The maximum absolute atomic E-state index is 14.2. The van der Waals surface area contributed by atoms with Crippen LogP contribution in [0, 0.1) is 5.41 Å². The summed E-state index contributed by atoms with van der Waals surface area (Å²) >= 11 is 9.72. The third kappa shape index (κ3) is 4.80. The minimum absolute atomic E-state index is 0.0793. The third-order valence-electron chi connectivity index (χ3n) is 6.90. The lowest BCUT2D eigenvalue weighted by Crippen LogP contribution is -2.37. The van der Waals surface area contributed by atoms with Crippen molar-refractivity contribution in [3.63, 3.8) is 0 Å². The fourth-order valence-electron chi connectivity index (χ4n) is 4.98. The van der Waals surface area contributed by atoms with Gasteiger partial charge in [-0.2, -0.15) is 0 Å². The highest BCUT2D eigenvalue weighted by molar-refractivity contribution is 9.10. The Morgan fingerprint density at radius 3 is 2.31 bits per heavy atom. The molecule has 0 fully saturated rings. The van der Waals surface area contributed by atoms with Crippen LogP contribution < -0.4 is 10.1 Å². The Morgan fingerprint density at radius 2 is 1.67 bits per heavy atom. The quantitative estimate of drug-likeness (QED) is 0.327. The number of hydrogen-bond donors (Lipinski definition) is 1. The lowest BCUT2D eigenvalue weighted by molar-refractivity contribution is -0.113. The van der Waals surface area contributed by atoms with Crippen molar-refractivity contribution in [3.8, 4) is 5.75 Å². The summed E-state index contributed by atoms with van der Waals surface area (Å²) in [5.41, 5.74) is 6.37. The molecule has 0 aromatic heterocycles. The van der Waals surface area contributed by atoms with Crippen molar-refractivity contribution < 1.29 is 9.53 Å². The van der Waals surface area contributed by atoms with Gasteiger partial charge in [0.2, 0.25) is 0 Å². The standard InChI is InChI=1S/C31H27BrClNO2/c1-31(2)18-28-29(30(35)26(31)16-19-4-14-24(36-3)15-5-19)25(20-8-12-23(33)13-9-20)17-27(34-28)21-6-10-22(32)11-7-21/h4-17,25,34H,18H2,1-3H3/b26-16+. The first kappa shape index (κ1) is 24.6. The van der Waals surface area contributed by atoms with E-state index in [-0.39, 0.29) is 17.1 Å². The number of Topliss-reactive ketones (excluding diaryl/α,β-unsaturated/α-hetero) is 1. The van der Waals surface area contributed by atoms with Crippen molar-refractivity contribution in [3.05, 3.63) is 122 Å². The van der Waals surface area contributed by atoms with Gasteiger partial charge in [-0.15, -0.1) is 0 Å². The van der Waals surface area contributed by atoms with Crippen LogP contribution in [-0.4, -0.2) is 12.9 Å². The lowest BCUT2D eigenvalue weighted by Gasteiger charge is -2.40. The van der Waals surface area contributed by atoms with Gasteiger partial charge in [0.25, 0.3) is 0 Å². The van der Waals surface area contributed by atoms with Gasteiger partial charge in [0.15, 0.2) is 5.78 Å². The van der Waals surface area contributed by atoms with Gasteiger partial charge in [-0.05, 0) is 77.1 Å². The van der Waals surface area contributed by atoms with E-state index in [4.69, 9.17) is 16.3 Å². The number of benzene rings is 3. The molecule has 1 atom stereocenters. The van der Waals surface area contributed by atoms with Crippen molar-refractivity contribution in [2.45, 2.75) is 26.2 Å². The first-order valence-corrected chi connectivity index (χ1v) is 13.1. The fraction of sp³-hybridized carbons (Fsp3) is 0.194. The number of ketones is 1. The minimum atomic E-state index is -0.338. The molecule has 0 spiro atoms. The molecule has 0 bridgehead atoms. The van der Waals surface area contributed by atoms with Crippen LogP contribution in [0.15, 0.2) is 100 Å². The molecule has 3 aromatic carbocycles. The Bertz CT molecular complexity index is 1400. The lowest BCUT2D eigenvalue weighted by atomic mass is 9.67. The second kappa shape index (κ2) is 9.76. The summed E-state index contributed by atoms with van der Waals surface area (Å²) in [4.78, 5) is 14.2. The first-order chi connectivity index (χ1) is 17.2. The van der Waals surface area contributed by atoms with Crippen LogP contribution in [0.1, 0.15) is 42.9 Å². The van der Waals surface area contributed by atoms with Gasteiger partial charge in [-0.25, -0.2) is 0 Å². The Hall–Kier alpha value is -3.08. The molecule has 1 N–H and O–H groups in total. The van der Waals surface area contributed by atoms with Crippen LogP contribution in [0.4, 0.5) is 0 Å². The number of halogens is 2. The zero-order chi connectivity index (χ0) is 25.4. The van der Waals surface area contributed by atoms with Crippen LogP contribution in [-0.2, 0) is 4.79 Å². The van der Waals surface area contributed by atoms with Gasteiger partial charge < -0.3 is 10.1 Å². The van der Waals surface area contributed by atoms with Crippen LogP contribution in [0.2, 0.25) is 5.02 Å². The molecule has 36 heavy (non-hydrogen) atoms. The zero-order valence-corrected chi connectivity index (χ0v) is 22.8. The summed E-state index contributed by atoms with van der Waals surface area (Å²) in [6.45, 7) is 4.28. The van der Waals surface area contributed by atoms with E-state index in [9.17, 15) is 4.79 Å². The molecular weight excluding hydrogens is 534 g/mol. The predicted octanol–water partition coefficient (Wildman–Crippen LogP) is 8.18. The number of ether oxygens (including phenoxy) is 1. The Morgan fingerprint density at radius 1 is 1.00 bits per heavy atom. The van der Waals surface area contributed by atoms with E-state index < -0.39 is 0 Å². The van der Waals surface area contributed by atoms with E-state index in [0.717, 1.165) is 55.9 Å². The van der Waals surface area contributed by atoms with E-state index in [0.29, 0.717) is 5.02 Å². The highest BCUT2D eigenvalue weighted by Crippen LogP contribution is 2.48. The van der Waals surface area contributed by atoms with Crippen molar-refractivity contribution in [1.82, 2.24) is 5.32 Å². The Balaban J connectivity index is 1.61. The van der Waals surface area contributed by atoms with Crippen molar-refractivity contribution in [1.29, 1.82) is 0 Å². The average Bonchev–Trinajstić information content (AvgIpc) is 2.87. The van der Waals surface area contributed by atoms with E-state index in [1.165, 1.54) is 0 Å². The highest BCUT2D eigenvalue weighted by Gasteiger charge is 2.42. The zero-order valence-electron chi connectivity index (χ0n) is 20.4. The molecule has 3 nitrogen and oxygen atoms in total. The monoisotopic (exact) mass is 559 g/mol. The molecule has 3 aromatic rings. The maximum Gasteiger partial charge on any atom is 0.188 e. The maximum atomic E-state index is 14.2. The SMILES string of the molecule is COc1ccc(/C=C2\C(=O)C3=C(CC2(C)C)NC(c2ccc(Br)cc2)=CC3c2ccc(Cl)cc2)cc1. The van der Waals surface area contributed by atoms with Gasteiger partial charge in [-0.3, -0.25) is 4.79 Å². The van der Waals surface area contributed by atoms with Crippen molar-refractivity contribution in [2.24, 2.45) is 5.41 Å². The molecular formula is C31H27BrClNO2. The van der Waals surface area contributed by atoms with Crippen LogP contribution in [0.3, 0.4) is 0 Å². The Labute approximate surface area is 225 Å². The molecule has 1 heterocycles. The predicted molar refractivity (Wildman–Crippen MR) is 151 cm³/mol.